The molecule has 1 aromatic rings. The molecular formula is C17H27N3O2. The SMILES string of the molecule is CCN(CC)C(=O)CNc1ccc(NC(=O)CC(C)C)cc1. The van der Waals surface area contributed by atoms with Gasteiger partial charge in [-0.2, -0.15) is 0 Å². The first-order valence-corrected chi connectivity index (χ1v) is 7.87. The summed E-state index contributed by atoms with van der Waals surface area (Å²) < 4.78 is 0. The summed E-state index contributed by atoms with van der Waals surface area (Å²) in [6.07, 6.45) is 0.512. The zero-order valence-corrected chi connectivity index (χ0v) is 14.0. The molecule has 0 fully saturated rings. The van der Waals surface area contributed by atoms with Crippen molar-refractivity contribution in [2.45, 2.75) is 34.1 Å². The van der Waals surface area contributed by atoms with Gasteiger partial charge < -0.3 is 15.5 Å². The van der Waals surface area contributed by atoms with Crippen molar-refractivity contribution in [3.05, 3.63) is 24.3 Å². The lowest BCUT2D eigenvalue weighted by Crippen LogP contribution is -2.35. The molecule has 5 nitrogen and oxygen atoms in total. The standard InChI is InChI=1S/C17H27N3O2/c1-5-20(6-2)17(22)12-18-14-7-9-15(10-8-14)19-16(21)11-13(3)4/h7-10,13,18H,5-6,11-12H2,1-4H3,(H,19,21). The highest BCUT2D eigenvalue weighted by atomic mass is 16.2. The molecule has 0 radical (unpaired) electrons. The van der Waals surface area contributed by atoms with Gasteiger partial charge in [0.05, 0.1) is 6.54 Å². The number of carbonyl (C=O) groups is 2. The van der Waals surface area contributed by atoms with Gasteiger partial charge in [-0.15, -0.1) is 0 Å². The molecule has 0 aliphatic carbocycles. The number of hydrogen-bond acceptors (Lipinski definition) is 3. The van der Waals surface area contributed by atoms with Crippen molar-refractivity contribution in [3.63, 3.8) is 0 Å². The van der Waals surface area contributed by atoms with E-state index in [1.807, 2.05) is 52.0 Å². The highest BCUT2D eigenvalue weighted by Gasteiger charge is 2.09. The minimum absolute atomic E-state index is 0.0208. The summed E-state index contributed by atoms with van der Waals surface area (Å²) in [5.74, 6) is 0.443. The number of carbonyl (C=O) groups excluding carboxylic acids is 2. The topological polar surface area (TPSA) is 61.4 Å². The minimum Gasteiger partial charge on any atom is -0.376 e. The molecule has 22 heavy (non-hydrogen) atoms. The Morgan fingerprint density at radius 3 is 2.09 bits per heavy atom. The maximum absolute atomic E-state index is 11.9. The maximum atomic E-state index is 11.9. The van der Waals surface area contributed by atoms with E-state index < -0.39 is 0 Å². The van der Waals surface area contributed by atoms with Crippen LogP contribution >= 0.6 is 0 Å². The average Bonchev–Trinajstić information content (AvgIpc) is 2.47. The molecule has 0 aliphatic rings. The van der Waals surface area contributed by atoms with Crippen LogP contribution in [-0.4, -0.2) is 36.3 Å². The Kier molecular flexibility index (Phi) is 7.43. The van der Waals surface area contributed by atoms with E-state index in [1.54, 1.807) is 4.90 Å². The van der Waals surface area contributed by atoms with Crippen LogP contribution in [0.5, 0.6) is 0 Å². The molecule has 1 rings (SSSR count). The van der Waals surface area contributed by atoms with Crippen molar-refractivity contribution in [3.8, 4) is 0 Å². The van der Waals surface area contributed by atoms with Crippen LogP contribution in [0.25, 0.3) is 0 Å². The van der Waals surface area contributed by atoms with Gasteiger partial charge in [-0.25, -0.2) is 0 Å². The van der Waals surface area contributed by atoms with E-state index >= 15 is 0 Å². The zero-order valence-electron chi connectivity index (χ0n) is 14.0. The second-order valence-electron chi connectivity index (χ2n) is 5.64. The molecule has 0 heterocycles. The first-order valence-electron chi connectivity index (χ1n) is 7.87. The number of amides is 2. The Morgan fingerprint density at radius 1 is 1.05 bits per heavy atom. The zero-order chi connectivity index (χ0) is 16.5. The summed E-state index contributed by atoms with van der Waals surface area (Å²) in [5, 5.41) is 5.96. The van der Waals surface area contributed by atoms with E-state index in [0.29, 0.717) is 12.3 Å². The Balaban J connectivity index is 2.48. The Hall–Kier alpha value is -2.04. The Labute approximate surface area is 133 Å². The van der Waals surface area contributed by atoms with E-state index in [9.17, 15) is 9.59 Å². The highest BCUT2D eigenvalue weighted by molar-refractivity contribution is 5.91. The van der Waals surface area contributed by atoms with Gasteiger partial charge >= 0.3 is 0 Å². The molecule has 0 saturated carbocycles. The summed E-state index contributed by atoms with van der Waals surface area (Å²) in [6.45, 7) is 9.68. The van der Waals surface area contributed by atoms with Gasteiger partial charge in [-0.3, -0.25) is 9.59 Å². The lowest BCUT2D eigenvalue weighted by atomic mass is 10.1. The fraction of sp³-hybridized carbons (Fsp3) is 0.529. The van der Waals surface area contributed by atoms with Gasteiger partial charge in [-0.1, -0.05) is 13.8 Å². The third-order valence-electron chi connectivity index (χ3n) is 3.32. The van der Waals surface area contributed by atoms with Crippen LogP contribution in [0, 0.1) is 5.92 Å². The molecule has 0 spiro atoms. The van der Waals surface area contributed by atoms with E-state index in [-0.39, 0.29) is 18.4 Å². The molecular weight excluding hydrogens is 278 g/mol. The summed E-state index contributed by atoms with van der Waals surface area (Å²) in [5.41, 5.74) is 1.63. The third-order valence-corrected chi connectivity index (χ3v) is 3.32. The lowest BCUT2D eigenvalue weighted by Gasteiger charge is -2.19. The van der Waals surface area contributed by atoms with Gasteiger partial charge in [0, 0.05) is 30.9 Å². The lowest BCUT2D eigenvalue weighted by molar-refractivity contribution is -0.128. The first-order chi connectivity index (χ1) is 10.5. The molecule has 0 bridgehead atoms. The molecule has 0 unspecified atom stereocenters. The van der Waals surface area contributed by atoms with Crippen molar-refractivity contribution in [2.24, 2.45) is 5.92 Å². The van der Waals surface area contributed by atoms with Crippen LogP contribution in [0.2, 0.25) is 0 Å². The number of rotatable bonds is 8. The Morgan fingerprint density at radius 2 is 1.59 bits per heavy atom. The number of anilines is 2. The van der Waals surface area contributed by atoms with Crippen molar-refractivity contribution < 1.29 is 9.59 Å². The molecule has 2 amide bonds. The molecule has 0 aliphatic heterocycles. The molecule has 122 valence electrons. The fourth-order valence-electron chi connectivity index (χ4n) is 2.12. The van der Waals surface area contributed by atoms with Crippen molar-refractivity contribution in [2.75, 3.05) is 30.3 Å². The van der Waals surface area contributed by atoms with E-state index in [2.05, 4.69) is 10.6 Å². The first kappa shape index (κ1) is 18.0. The second-order valence-corrected chi connectivity index (χ2v) is 5.64. The van der Waals surface area contributed by atoms with Crippen LogP contribution < -0.4 is 10.6 Å². The molecule has 1 aromatic carbocycles. The summed E-state index contributed by atoms with van der Waals surface area (Å²) in [6, 6.07) is 7.39. The van der Waals surface area contributed by atoms with Crippen LogP contribution in [0.3, 0.4) is 0 Å². The van der Waals surface area contributed by atoms with E-state index in [0.717, 1.165) is 24.5 Å². The van der Waals surface area contributed by atoms with Crippen molar-refractivity contribution in [1.82, 2.24) is 4.90 Å². The number of benzene rings is 1. The molecule has 0 atom stereocenters. The van der Waals surface area contributed by atoms with Crippen LogP contribution in [0.1, 0.15) is 34.1 Å². The van der Waals surface area contributed by atoms with Gasteiger partial charge in [0.1, 0.15) is 0 Å². The van der Waals surface area contributed by atoms with Crippen LogP contribution in [0.15, 0.2) is 24.3 Å². The predicted molar refractivity (Wildman–Crippen MR) is 90.9 cm³/mol. The van der Waals surface area contributed by atoms with Crippen molar-refractivity contribution >= 4 is 23.2 Å². The average molecular weight is 305 g/mol. The number of nitrogens with one attached hydrogen (secondary N) is 2. The number of likely N-dealkylation sites (N-methyl/N-ethyl adjacent to an activating group) is 1. The molecule has 5 heteroatoms. The quantitative estimate of drug-likeness (QED) is 0.776. The monoisotopic (exact) mass is 305 g/mol. The summed E-state index contributed by atoms with van der Waals surface area (Å²) in [4.78, 5) is 25.4. The van der Waals surface area contributed by atoms with Gasteiger partial charge in [-0.05, 0) is 44.0 Å². The number of hydrogen-bond donors (Lipinski definition) is 2. The molecule has 0 saturated heterocycles. The van der Waals surface area contributed by atoms with E-state index in [4.69, 9.17) is 0 Å². The summed E-state index contributed by atoms with van der Waals surface area (Å²) >= 11 is 0. The molecule has 2 N–H and O–H groups in total. The maximum Gasteiger partial charge on any atom is 0.241 e. The van der Waals surface area contributed by atoms with Gasteiger partial charge in [0.15, 0.2) is 0 Å². The number of nitrogens with zero attached hydrogens (tertiary/aromatic N) is 1. The highest BCUT2D eigenvalue weighted by Crippen LogP contribution is 2.14. The largest absolute Gasteiger partial charge is 0.376 e. The van der Waals surface area contributed by atoms with E-state index in [1.165, 1.54) is 0 Å². The second kappa shape index (κ2) is 9.07. The van der Waals surface area contributed by atoms with Crippen molar-refractivity contribution in [1.29, 1.82) is 0 Å². The summed E-state index contributed by atoms with van der Waals surface area (Å²) in [7, 11) is 0. The fourth-order valence-corrected chi connectivity index (χ4v) is 2.12. The molecule has 0 aromatic heterocycles. The Bertz CT molecular complexity index is 479. The van der Waals surface area contributed by atoms with Gasteiger partial charge in [0.2, 0.25) is 11.8 Å². The predicted octanol–water partition coefficient (Wildman–Crippen LogP) is 2.95. The third kappa shape index (κ3) is 6.16. The van der Waals surface area contributed by atoms with Gasteiger partial charge in [0.25, 0.3) is 0 Å². The van der Waals surface area contributed by atoms with Crippen LogP contribution in [0.4, 0.5) is 11.4 Å². The smallest absolute Gasteiger partial charge is 0.241 e. The normalized spacial score (nSPS) is 10.4. The minimum atomic E-state index is 0.0208. The van der Waals surface area contributed by atoms with Crippen LogP contribution in [-0.2, 0) is 9.59 Å².